The molecule has 2 N–H and O–H groups in total. The molecule has 8 heteroatoms. The zero-order chi connectivity index (χ0) is 18.0. The van der Waals surface area contributed by atoms with Gasteiger partial charge in [-0.3, -0.25) is 9.98 Å². The fourth-order valence-corrected chi connectivity index (χ4v) is 1.91. The van der Waals surface area contributed by atoms with Crippen LogP contribution in [-0.4, -0.2) is 54.2 Å². The molecular formula is C17H30IN5O2. The topological polar surface area (TPSA) is 78.9 Å². The molecule has 0 saturated carbocycles. The Morgan fingerprint density at radius 1 is 1.32 bits per heavy atom. The average Bonchev–Trinajstić information content (AvgIpc) is 2.53. The maximum absolute atomic E-state index is 12.1. The molecule has 1 heterocycles. The molecule has 0 saturated heterocycles. The van der Waals surface area contributed by atoms with Crippen molar-refractivity contribution in [3.05, 3.63) is 30.1 Å². The van der Waals surface area contributed by atoms with E-state index in [1.807, 2.05) is 45.9 Å². The van der Waals surface area contributed by atoms with E-state index < -0.39 is 5.60 Å². The number of hydrogen-bond acceptors (Lipinski definition) is 4. The molecule has 1 aromatic heterocycles. The molecule has 0 fully saturated rings. The van der Waals surface area contributed by atoms with E-state index in [0.29, 0.717) is 32.1 Å². The number of likely N-dealkylation sites (N-methyl/N-ethyl adjacent to an activating group) is 1. The van der Waals surface area contributed by atoms with E-state index in [4.69, 9.17) is 4.74 Å². The normalized spacial score (nSPS) is 11.3. The van der Waals surface area contributed by atoms with Crippen LogP contribution < -0.4 is 10.6 Å². The maximum atomic E-state index is 12.1. The molecule has 0 spiro atoms. The predicted octanol–water partition coefficient (Wildman–Crippen LogP) is 2.62. The van der Waals surface area contributed by atoms with E-state index in [9.17, 15) is 4.79 Å². The van der Waals surface area contributed by atoms with Crippen molar-refractivity contribution < 1.29 is 9.53 Å². The maximum Gasteiger partial charge on any atom is 0.410 e. The Hall–Kier alpha value is -1.58. The minimum absolute atomic E-state index is 0. The van der Waals surface area contributed by atoms with Crippen LogP contribution in [0.15, 0.2) is 29.4 Å². The molecule has 142 valence electrons. The third-order valence-electron chi connectivity index (χ3n) is 3.09. The Bertz CT molecular complexity index is 532. The highest BCUT2D eigenvalue weighted by molar-refractivity contribution is 14.0. The van der Waals surface area contributed by atoms with Gasteiger partial charge in [0.1, 0.15) is 5.60 Å². The van der Waals surface area contributed by atoms with Crippen LogP contribution in [0.25, 0.3) is 0 Å². The second kappa shape index (κ2) is 11.9. The van der Waals surface area contributed by atoms with Crippen LogP contribution in [0.5, 0.6) is 0 Å². The van der Waals surface area contributed by atoms with Gasteiger partial charge in [0.15, 0.2) is 5.96 Å². The van der Waals surface area contributed by atoms with Gasteiger partial charge in [-0.25, -0.2) is 4.79 Å². The summed E-state index contributed by atoms with van der Waals surface area (Å²) < 4.78 is 5.39. The van der Waals surface area contributed by atoms with E-state index in [1.165, 1.54) is 0 Å². The summed E-state index contributed by atoms with van der Waals surface area (Å²) in [5.41, 5.74) is 0.447. The number of guanidine groups is 1. The minimum Gasteiger partial charge on any atom is -0.444 e. The second-order valence-corrected chi connectivity index (χ2v) is 6.23. The molecule has 0 aliphatic rings. The van der Waals surface area contributed by atoms with Gasteiger partial charge in [-0.2, -0.15) is 0 Å². The van der Waals surface area contributed by atoms with Gasteiger partial charge in [-0.1, -0.05) is 6.07 Å². The smallest absolute Gasteiger partial charge is 0.410 e. The van der Waals surface area contributed by atoms with Crippen molar-refractivity contribution in [2.75, 3.05) is 26.7 Å². The Labute approximate surface area is 167 Å². The van der Waals surface area contributed by atoms with Crippen LogP contribution in [0, 0.1) is 0 Å². The van der Waals surface area contributed by atoms with E-state index >= 15 is 0 Å². The zero-order valence-corrected chi connectivity index (χ0v) is 18.0. The molecule has 0 atom stereocenters. The summed E-state index contributed by atoms with van der Waals surface area (Å²) >= 11 is 0. The molecule has 1 rings (SSSR count). The lowest BCUT2D eigenvalue weighted by molar-refractivity contribution is 0.0264. The highest BCUT2D eigenvalue weighted by Crippen LogP contribution is 2.09. The summed E-state index contributed by atoms with van der Waals surface area (Å²) in [5, 5.41) is 6.37. The van der Waals surface area contributed by atoms with Crippen LogP contribution in [0.3, 0.4) is 0 Å². The number of nitrogens with one attached hydrogen (secondary N) is 2. The van der Waals surface area contributed by atoms with Gasteiger partial charge in [-0.15, -0.1) is 24.0 Å². The number of hydrogen-bond donors (Lipinski definition) is 2. The van der Waals surface area contributed by atoms with Gasteiger partial charge in [0.05, 0.1) is 12.2 Å². The number of amides is 1. The molecule has 0 aliphatic carbocycles. The molecular weight excluding hydrogens is 433 g/mol. The predicted molar refractivity (Wildman–Crippen MR) is 111 cm³/mol. The summed E-state index contributed by atoms with van der Waals surface area (Å²) in [6, 6.07) is 5.77. The van der Waals surface area contributed by atoms with Crippen LogP contribution in [0.1, 0.15) is 33.4 Å². The van der Waals surface area contributed by atoms with Crippen LogP contribution in [0.4, 0.5) is 4.79 Å². The lowest BCUT2D eigenvalue weighted by atomic mass is 10.2. The molecule has 0 aromatic carbocycles. The lowest BCUT2D eigenvalue weighted by Crippen LogP contribution is -2.44. The molecule has 1 aromatic rings. The van der Waals surface area contributed by atoms with Gasteiger partial charge >= 0.3 is 6.09 Å². The third kappa shape index (κ3) is 10.1. The Balaban J connectivity index is 0.00000576. The molecule has 0 bridgehead atoms. The largest absolute Gasteiger partial charge is 0.444 e. The first-order valence-electron chi connectivity index (χ1n) is 8.18. The van der Waals surface area contributed by atoms with Crippen LogP contribution >= 0.6 is 24.0 Å². The molecule has 0 unspecified atom stereocenters. The fraction of sp³-hybridized carbons (Fsp3) is 0.588. The highest BCUT2D eigenvalue weighted by atomic mass is 127. The van der Waals surface area contributed by atoms with Crippen LogP contribution in [-0.2, 0) is 11.3 Å². The van der Waals surface area contributed by atoms with Crippen molar-refractivity contribution in [3.8, 4) is 0 Å². The van der Waals surface area contributed by atoms with Crippen molar-refractivity contribution in [2.24, 2.45) is 4.99 Å². The van der Waals surface area contributed by atoms with Gasteiger partial charge in [0.25, 0.3) is 0 Å². The van der Waals surface area contributed by atoms with Crippen molar-refractivity contribution in [2.45, 2.75) is 39.8 Å². The number of halogens is 1. The van der Waals surface area contributed by atoms with Crippen molar-refractivity contribution in [3.63, 3.8) is 0 Å². The van der Waals surface area contributed by atoms with Crippen LogP contribution in [0.2, 0.25) is 0 Å². The first-order chi connectivity index (χ1) is 11.4. The van der Waals surface area contributed by atoms with E-state index in [1.54, 1.807) is 18.1 Å². The SMILES string of the molecule is CCN(CCNC(=NC)NCc1ccccn1)C(=O)OC(C)(C)C.I. The van der Waals surface area contributed by atoms with Gasteiger partial charge in [-0.05, 0) is 39.8 Å². The molecule has 7 nitrogen and oxygen atoms in total. The number of ether oxygens (including phenoxy) is 1. The number of aromatic nitrogens is 1. The first kappa shape index (κ1) is 23.4. The van der Waals surface area contributed by atoms with E-state index in [0.717, 1.165) is 5.69 Å². The molecule has 25 heavy (non-hydrogen) atoms. The second-order valence-electron chi connectivity index (χ2n) is 6.23. The molecule has 0 radical (unpaired) electrons. The highest BCUT2D eigenvalue weighted by Gasteiger charge is 2.20. The van der Waals surface area contributed by atoms with Crippen molar-refractivity contribution >= 4 is 36.0 Å². The quantitative estimate of drug-likeness (QED) is 0.385. The Morgan fingerprint density at radius 2 is 2.04 bits per heavy atom. The zero-order valence-electron chi connectivity index (χ0n) is 15.7. The third-order valence-corrected chi connectivity index (χ3v) is 3.09. The number of pyridine rings is 1. The van der Waals surface area contributed by atoms with E-state index in [2.05, 4.69) is 20.6 Å². The summed E-state index contributed by atoms with van der Waals surface area (Å²) in [6.07, 6.45) is 1.45. The van der Waals surface area contributed by atoms with E-state index in [-0.39, 0.29) is 30.1 Å². The fourth-order valence-electron chi connectivity index (χ4n) is 1.91. The number of aliphatic imine (C=N–C) groups is 1. The molecule has 1 amide bonds. The van der Waals surface area contributed by atoms with Gasteiger partial charge in [0.2, 0.25) is 0 Å². The summed E-state index contributed by atoms with van der Waals surface area (Å²) in [4.78, 5) is 22.1. The van der Waals surface area contributed by atoms with Crippen molar-refractivity contribution in [1.82, 2.24) is 20.5 Å². The van der Waals surface area contributed by atoms with Gasteiger partial charge in [0, 0.05) is 32.9 Å². The Kier molecular flexibility index (Phi) is 11.1. The number of carbonyl (C=O) groups excluding carboxylic acids is 1. The average molecular weight is 463 g/mol. The summed E-state index contributed by atoms with van der Waals surface area (Å²) in [5.74, 6) is 0.667. The Morgan fingerprint density at radius 3 is 2.56 bits per heavy atom. The first-order valence-corrected chi connectivity index (χ1v) is 8.18. The number of rotatable bonds is 6. The summed E-state index contributed by atoms with van der Waals surface area (Å²) in [6.45, 7) is 9.81. The number of carbonyl (C=O) groups is 1. The molecule has 0 aliphatic heterocycles. The lowest BCUT2D eigenvalue weighted by Gasteiger charge is -2.26. The summed E-state index contributed by atoms with van der Waals surface area (Å²) in [7, 11) is 1.71. The number of nitrogens with zero attached hydrogens (tertiary/aromatic N) is 3. The van der Waals surface area contributed by atoms with Gasteiger partial charge < -0.3 is 20.3 Å². The standard InChI is InChI=1S/C17H29N5O2.HI/c1-6-22(16(23)24-17(2,3)4)12-11-20-15(18-5)21-13-14-9-7-8-10-19-14;/h7-10H,6,11-13H2,1-5H3,(H2,18,20,21);1H. The van der Waals surface area contributed by atoms with Crippen molar-refractivity contribution in [1.29, 1.82) is 0 Å². The minimum atomic E-state index is -0.488. The monoisotopic (exact) mass is 463 g/mol.